The average Bonchev–Trinajstić information content (AvgIpc) is 3.89. The second kappa shape index (κ2) is 19.6. The van der Waals surface area contributed by atoms with Gasteiger partial charge in [-0.25, -0.2) is 19.8 Å². The summed E-state index contributed by atoms with van der Waals surface area (Å²) in [5.41, 5.74) is 5.52. The van der Waals surface area contributed by atoms with Crippen molar-refractivity contribution in [2.24, 2.45) is 23.0 Å². The fourth-order valence-electron chi connectivity index (χ4n) is 5.42. The minimum atomic E-state index is -4.54. The molecule has 1 aromatic heterocycles. The number of aliphatic imine (C=N–C) groups is 2. The Kier molecular flexibility index (Phi) is 15.9. The van der Waals surface area contributed by atoms with Crippen LogP contribution >= 0.6 is 0 Å². The first-order chi connectivity index (χ1) is 25.4. The highest BCUT2D eigenvalue weighted by Gasteiger charge is 2.34. The molecule has 0 aliphatic heterocycles. The van der Waals surface area contributed by atoms with Crippen LogP contribution in [0.3, 0.4) is 0 Å². The summed E-state index contributed by atoms with van der Waals surface area (Å²) in [6, 6.07) is 7.08. The first-order valence-electron chi connectivity index (χ1n) is 18.6. The zero-order chi connectivity index (χ0) is 40.2. The molecule has 1 fully saturated rings. The lowest BCUT2D eigenvalue weighted by atomic mass is 9.98. The molecule has 1 aromatic carbocycles. The molecule has 0 atom stereocenters. The van der Waals surface area contributed by atoms with Crippen molar-refractivity contribution in [3.63, 3.8) is 0 Å². The molecule has 54 heavy (non-hydrogen) atoms. The van der Waals surface area contributed by atoms with Crippen LogP contribution in [0.1, 0.15) is 112 Å². The SMILES string of the molecule is C\C=C(CCCNC(=O)OC(C)(C)C)/C(=N/C(=C(\C)CC)C(/C(=N/C=C(\C)CC)OC)=C(/C)C1CC1)OCc1ccc(-c2nc(C(F)(F)F)cn2C)cc1. The number of halogens is 3. The molecule has 1 saturated carbocycles. The molecule has 9 nitrogen and oxygen atoms in total. The quantitative estimate of drug-likeness (QED) is 0.0845. The van der Waals surface area contributed by atoms with E-state index in [4.69, 9.17) is 24.2 Å². The number of aryl methyl sites for hydroxylation is 1. The Labute approximate surface area is 319 Å². The number of rotatable bonds is 15. The number of hydrogen-bond acceptors (Lipinski definition) is 7. The van der Waals surface area contributed by atoms with Crippen molar-refractivity contribution in [1.29, 1.82) is 0 Å². The second-order valence-electron chi connectivity index (χ2n) is 14.6. The number of aromatic nitrogens is 2. The molecule has 0 bridgehead atoms. The van der Waals surface area contributed by atoms with Crippen LogP contribution in [0.4, 0.5) is 18.0 Å². The van der Waals surface area contributed by atoms with Crippen molar-refractivity contribution in [3.8, 4) is 11.4 Å². The molecule has 0 unspecified atom stereocenters. The van der Waals surface area contributed by atoms with Gasteiger partial charge in [-0.2, -0.15) is 13.2 Å². The topological polar surface area (TPSA) is 99.3 Å². The third-order valence-electron chi connectivity index (χ3n) is 9.00. The Bertz CT molecular complexity index is 1780. The number of allylic oxidation sites excluding steroid dienone is 4. The summed E-state index contributed by atoms with van der Waals surface area (Å²) in [4.78, 5) is 26.2. The molecule has 1 aliphatic carbocycles. The summed E-state index contributed by atoms with van der Waals surface area (Å²) in [6.45, 7) is 18.3. The lowest BCUT2D eigenvalue weighted by Gasteiger charge is -2.20. The van der Waals surface area contributed by atoms with Gasteiger partial charge in [0.05, 0.1) is 18.4 Å². The van der Waals surface area contributed by atoms with E-state index in [-0.39, 0.29) is 12.4 Å². The Morgan fingerprint density at radius 2 is 1.72 bits per heavy atom. The molecular formula is C42H58F3N5O4. The van der Waals surface area contributed by atoms with Gasteiger partial charge in [-0.15, -0.1) is 0 Å². The third kappa shape index (κ3) is 13.1. The van der Waals surface area contributed by atoms with Crippen molar-refractivity contribution in [1.82, 2.24) is 14.9 Å². The highest BCUT2D eigenvalue weighted by atomic mass is 19.4. The number of methoxy groups -OCH3 is 1. The van der Waals surface area contributed by atoms with Gasteiger partial charge in [0.25, 0.3) is 0 Å². The number of nitrogens with one attached hydrogen (secondary N) is 1. The predicted molar refractivity (Wildman–Crippen MR) is 210 cm³/mol. The molecule has 1 N–H and O–H groups in total. The second-order valence-corrected chi connectivity index (χ2v) is 14.6. The lowest BCUT2D eigenvalue weighted by Crippen LogP contribution is -2.33. The van der Waals surface area contributed by atoms with Crippen LogP contribution in [-0.2, 0) is 34.0 Å². The minimum Gasteiger partial charge on any atom is -0.481 e. The average molecular weight is 754 g/mol. The van der Waals surface area contributed by atoms with E-state index in [0.29, 0.717) is 42.7 Å². The van der Waals surface area contributed by atoms with Crippen molar-refractivity contribution >= 4 is 17.9 Å². The summed E-state index contributed by atoms with van der Waals surface area (Å²) < 4.78 is 59.2. The van der Waals surface area contributed by atoms with E-state index in [9.17, 15) is 18.0 Å². The smallest absolute Gasteiger partial charge is 0.434 e. The Morgan fingerprint density at radius 1 is 1.06 bits per heavy atom. The molecule has 296 valence electrons. The maximum atomic E-state index is 13.3. The number of imidazole rings is 1. The van der Waals surface area contributed by atoms with Crippen molar-refractivity contribution in [2.45, 2.75) is 119 Å². The molecular weight excluding hydrogens is 695 g/mol. The number of ether oxygens (including phenoxy) is 3. The molecule has 1 heterocycles. The number of carbonyl (C=O) groups excluding carboxylic acids is 1. The van der Waals surface area contributed by atoms with Crippen LogP contribution in [-0.4, -0.2) is 46.7 Å². The van der Waals surface area contributed by atoms with Gasteiger partial charge in [0.1, 0.15) is 18.0 Å². The van der Waals surface area contributed by atoms with Crippen LogP contribution in [0.5, 0.6) is 0 Å². The Morgan fingerprint density at radius 3 is 2.24 bits per heavy atom. The molecule has 0 spiro atoms. The molecule has 1 aliphatic rings. The van der Waals surface area contributed by atoms with Gasteiger partial charge in [0.2, 0.25) is 11.8 Å². The first-order valence-corrected chi connectivity index (χ1v) is 18.6. The summed E-state index contributed by atoms with van der Waals surface area (Å²) in [6.07, 6.45) is 4.66. The third-order valence-corrected chi connectivity index (χ3v) is 9.00. The summed E-state index contributed by atoms with van der Waals surface area (Å²) in [5, 5.41) is 2.83. The number of alkyl carbamates (subject to hydrolysis) is 1. The summed E-state index contributed by atoms with van der Waals surface area (Å²) in [5.74, 6) is 1.51. The van der Waals surface area contributed by atoms with E-state index < -0.39 is 23.6 Å². The van der Waals surface area contributed by atoms with E-state index in [1.807, 2.05) is 59.0 Å². The maximum absolute atomic E-state index is 13.3. The zero-order valence-electron chi connectivity index (χ0n) is 33.8. The van der Waals surface area contributed by atoms with Crippen LogP contribution in [0.2, 0.25) is 0 Å². The maximum Gasteiger partial charge on any atom is 0.434 e. The molecule has 1 amide bonds. The fraction of sp³-hybridized carbons (Fsp3) is 0.524. The van der Waals surface area contributed by atoms with Gasteiger partial charge in [0.15, 0.2) is 5.69 Å². The van der Waals surface area contributed by atoms with Crippen LogP contribution < -0.4 is 5.32 Å². The number of alkyl halides is 3. The van der Waals surface area contributed by atoms with E-state index in [0.717, 1.165) is 71.0 Å². The van der Waals surface area contributed by atoms with Crippen molar-refractivity contribution in [3.05, 3.63) is 87.6 Å². The van der Waals surface area contributed by atoms with Gasteiger partial charge in [-0.05, 0) is 104 Å². The number of nitrogens with zero attached hydrogens (tertiary/aromatic N) is 4. The number of hydrogen-bond donors (Lipinski definition) is 1. The molecule has 3 rings (SSSR count). The Balaban J connectivity index is 2.05. The van der Waals surface area contributed by atoms with Crippen LogP contribution in [0.15, 0.2) is 86.3 Å². The molecule has 0 radical (unpaired) electrons. The molecule has 0 saturated heterocycles. The number of benzene rings is 1. The lowest BCUT2D eigenvalue weighted by molar-refractivity contribution is -0.140. The minimum absolute atomic E-state index is 0.143. The molecule has 2 aromatic rings. The summed E-state index contributed by atoms with van der Waals surface area (Å²) in [7, 11) is 3.17. The van der Waals surface area contributed by atoms with Gasteiger partial charge in [0, 0.05) is 37.1 Å². The highest BCUT2D eigenvalue weighted by Crippen LogP contribution is 2.41. The standard InChI is InChI=1S/C42H58F3N5O4/c1-12-27(4)24-47-39(52-11)35(29(6)32-21-22-32)36(28(5)13-2)49-38(31(14-3)16-15-23-46-40(51)54-41(7,8)9)53-26-30-17-19-33(20-18-30)37-48-34(25-50(37)10)42(43,44)45/h14,17-20,24-25,32H,12-13,15-16,21-23,26H2,1-11H3,(H,46,51)/b27-24+,31-14-,35-29+,36-28+,47-39-,49-38-. The first kappa shape index (κ1) is 43.8. The van der Waals surface area contributed by atoms with Crippen LogP contribution in [0, 0.1) is 5.92 Å². The van der Waals surface area contributed by atoms with Gasteiger partial charge in [-0.3, -0.25) is 0 Å². The van der Waals surface area contributed by atoms with Gasteiger partial charge < -0.3 is 24.1 Å². The zero-order valence-corrected chi connectivity index (χ0v) is 33.8. The molecule has 12 heteroatoms. The van der Waals surface area contributed by atoms with E-state index in [2.05, 4.69) is 38.0 Å². The Hall–Kier alpha value is -4.61. The van der Waals surface area contributed by atoms with E-state index in [1.165, 1.54) is 11.6 Å². The predicted octanol–water partition coefficient (Wildman–Crippen LogP) is 11.0. The fourth-order valence-corrected chi connectivity index (χ4v) is 5.42. The van der Waals surface area contributed by atoms with Crippen LogP contribution in [0.25, 0.3) is 11.4 Å². The van der Waals surface area contributed by atoms with E-state index >= 15 is 0 Å². The monoisotopic (exact) mass is 753 g/mol. The number of carbonyl (C=O) groups is 1. The summed E-state index contributed by atoms with van der Waals surface area (Å²) >= 11 is 0. The largest absolute Gasteiger partial charge is 0.481 e. The van der Waals surface area contributed by atoms with E-state index in [1.54, 1.807) is 19.2 Å². The highest BCUT2D eigenvalue weighted by molar-refractivity contribution is 6.01. The van der Waals surface area contributed by atoms with Gasteiger partial charge >= 0.3 is 12.3 Å². The number of amides is 1. The van der Waals surface area contributed by atoms with Crippen molar-refractivity contribution in [2.75, 3.05) is 13.7 Å². The van der Waals surface area contributed by atoms with Gasteiger partial charge in [-0.1, -0.05) is 55.3 Å². The normalized spacial score (nSPS) is 15.8. The van der Waals surface area contributed by atoms with Crippen molar-refractivity contribution < 1.29 is 32.2 Å².